The van der Waals surface area contributed by atoms with Gasteiger partial charge in [0.25, 0.3) is 0 Å². The van der Waals surface area contributed by atoms with Gasteiger partial charge in [0, 0.05) is 31.1 Å². The Morgan fingerprint density at radius 1 is 1.56 bits per heavy atom. The SMILES string of the molecule is O=C(O)C(CCO)NC(=O)C1CSCCN1. The van der Waals surface area contributed by atoms with Crippen molar-refractivity contribution in [2.24, 2.45) is 0 Å². The van der Waals surface area contributed by atoms with Gasteiger partial charge in [0.05, 0.1) is 6.04 Å². The number of nitrogens with one attached hydrogen (secondary N) is 2. The van der Waals surface area contributed by atoms with Crippen molar-refractivity contribution >= 4 is 23.6 Å². The molecule has 1 aliphatic rings. The Bertz CT molecular complexity index is 256. The molecule has 1 heterocycles. The average molecular weight is 248 g/mol. The monoisotopic (exact) mass is 248 g/mol. The Labute approximate surface area is 97.8 Å². The number of carboxylic acids is 1. The lowest BCUT2D eigenvalue weighted by Gasteiger charge is -2.24. The van der Waals surface area contributed by atoms with E-state index in [1.807, 2.05) is 0 Å². The molecule has 16 heavy (non-hydrogen) atoms. The van der Waals surface area contributed by atoms with E-state index in [1.165, 1.54) is 0 Å². The molecule has 7 heteroatoms. The van der Waals surface area contributed by atoms with E-state index >= 15 is 0 Å². The summed E-state index contributed by atoms with van der Waals surface area (Å²) in [6, 6.07) is -1.34. The van der Waals surface area contributed by atoms with Gasteiger partial charge in [-0.1, -0.05) is 0 Å². The van der Waals surface area contributed by atoms with Gasteiger partial charge in [-0.3, -0.25) is 4.79 Å². The molecule has 0 aromatic carbocycles. The van der Waals surface area contributed by atoms with Crippen LogP contribution in [0.3, 0.4) is 0 Å². The lowest BCUT2D eigenvalue weighted by molar-refractivity contribution is -0.142. The number of thioether (sulfide) groups is 1. The van der Waals surface area contributed by atoms with Gasteiger partial charge in [-0.15, -0.1) is 0 Å². The highest BCUT2D eigenvalue weighted by Crippen LogP contribution is 2.08. The molecule has 2 unspecified atom stereocenters. The molecular weight excluding hydrogens is 232 g/mol. The second kappa shape index (κ2) is 6.72. The van der Waals surface area contributed by atoms with Gasteiger partial charge in [0.1, 0.15) is 6.04 Å². The van der Waals surface area contributed by atoms with Crippen LogP contribution in [0, 0.1) is 0 Å². The van der Waals surface area contributed by atoms with E-state index in [1.54, 1.807) is 11.8 Å². The van der Waals surface area contributed by atoms with Crippen LogP contribution in [0.4, 0.5) is 0 Å². The van der Waals surface area contributed by atoms with Crippen LogP contribution >= 0.6 is 11.8 Å². The Morgan fingerprint density at radius 3 is 2.81 bits per heavy atom. The van der Waals surface area contributed by atoms with Crippen molar-refractivity contribution in [1.82, 2.24) is 10.6 Å². The third-order valence-corrected chi connectivity index (χ3v) is 3.33. The zero-order valence-corrected chi connectivity index (χ0v) is 9.63. The first-order valence-corrected chi connectivity index (χ1v) is 6.25. The molecule has 2 atom stereocenters. The van der Waals surface area contributed by atoms with Gasteiger partial charge < -0.3 is 20.8 Å². The van der Waals surface area contributed by atoms with Crippen molar-refractivity contribution in [3.63, 3.8) is 0 Å². The zero-order valence-electron chi connectivity index (χ0n) is 8.81. The van der Waals surface area contributed by atoms with Gasteiger partial charge in [-0.05, 0) is 0 Å². The molecule has 0 saturated carbocycles. The van der Waals surface area contributed by atoms with E-state index in [4.69, 9.17) is 10.2 Å². The second-order valence-electron chi connectivity index (χ2n) is 3.49. The average Bonchev–Trinajstić information content (AvgIpc) is 2.29. The summed E-state index contributed by atoms with van der Waals surface area (Å²) in [5, 5.41) is 22.9. The number of rotatable bonds is 5. The third kappa shape index (κ3) is 3.99. The first kappa shape index (κ1) is 13.3. The molecule has 0 spiro atoms. The number of carbonyl (C=O) groups excluding carboxylic acids is 1. The lowest BCUT2D eigenvalue weighted by Crippen LogP contribution is -2.53. The van der Waals surface area contributed by atoms with Crippen molar-refractivity contribution < 1.29 is 19.8 Å². The fourth-order valence-electron chi connectivity index (χ4n) is 1.39. The Balaban J connectivity index is 2.43. The minimum absolute atomic E-state index is 0.0287. The minimum atomic E-state index is -1.12. The molecule has 0 radical (unpaired) electrons. The van der Waals surface area contributed by atoms with E-state index < -0.39 is 12.0 Å². The van der Waals surface area contributed by atoms with Crippen LogP contribution in [0.2, 0.25) is 0 Å². The van der Waals surface area contributed by atoms with E-state index in [9.17, 15) is 9.59 Å². The predicted molar refractivity (Wildman–Crippen MR) is 60.4 cm³/mol. The Hall–Kier alpha value is -0.790. The van der Waals surface area contributed by atoms with Gasteiger partial charge in [0.2, 0.25) is 5.91 Å². The number of hydrogen-bond donors (Lipinski definition) is 4. The molecule has 4 N–H and O–H groups in total. The number of aliphatic hydroxyl groups is 1. The van der Waals surface area contributed by atoms with Gasteiger partial charge in [-0.25, -0.2) is 4.79 Å². The number of aliphatic hydroxyl groups excluding tert-OH is 1. The summed E-state index contributed by atoms with van der Waals surface area (Å²) in [6.07, 6.45) is 0.0287. The number of carboxylic acid groups (broad SMARTS) is 1. The maximum Gasteiger partial charge on any atom is 0.326 e. The summed E-state index contributed by atoms with van der Waals surface area (Å²) in [4.78, 5) is 22.4. The van der Waals surface area contributed by atoms with Crippen LogP contribution in [0.1, 0.15) is 6.42 Å². The molecule has 92 valence electrons. The predicted octanol–water partition coefficient (Wildman–Crippen LogP) is -1.36. The lowest BCUT2D eigenvalue weighted by atomic mass is 10.2. The van der Waals surface area contributed by atoms with Crippen molar-refractivity contribution in [1.29, 1.82) is 0 Å². The van der Waals surface area contributed by atoms with Gasteiger partial charge in [0.15, 0.2) is 0 Å². The molecule has 0 aromatic rings. The van der Waals surface area contributed by atoms with Crippen LogP contribution in [-0.2, 0) is 9.59 Å². The first-order valence-electron chi connectivity index (χ1n) is 5.10. The van der Waals surface area contributed by atoms with E-state index in [-0.39, 0.29) is 25.0 Å². The summed E-state index contributed by atoms with van der Waals surface area (Å²) in [7, 11) is 0. The van der Waals surface area contributed by atoms with E-state index in [2.05, 4.69) is 10.6 Å². The van der Waals surface area contributed by atoms with Gasteiger partial charge in [-0.2, -0.15) is 11.8 Å². The van der Waals surface area contributed by atoms with E-state index in [0.29, 0.717) is 5.75 Å². The smallest absolute Gasteiger partial charge is 0.326 e. The van der Waals surface area contributed by atoms with Crippen LogP contribution in [0.15, 0.2) is 0 Å². The van der Waals surface area contributed by atoms with Crippen molar-refractivity contribution in [2.45, 2.75) is 18.5 Å². The molecule has 1 rings (SSSR count). The minimum Gasteiger partial charge on any atom is -0.480 e. The summed E-state index contributed by atoms with van der Waals surface area (Å²) >= 11 is 1.66. The normalized spacial score (nSPS) is 22.4. The van der Waals surface area contributed by atoms with Crippen molar-refractivity contribution in [3.8, 4) is 0 Å². The molecule has 1 aliphatic heterocycles. The Morgan fingerprint density at radius 2 is 2.31 bits per heavy atom. The maximum atomic E-state index is 11.7. The fraction of sp³-hybridized carbons (Fsp3) is 0.778. The topological polar surface area (TPSA) is 98.7 Å². The second-order valence-corrected chi connectivity index (χ2v) is 4.64. The first-order chi connectivity index (χ1) is 7.65. The summed E-state index contributed by atoms with van der Waals surface area (Å²) in [5.74, 6) is 0.180. The molecule has 1 fully saturated rings. The molecule has 0 aliphatic carbocycles. The molecular formula is C9H16N2O4S. The van der Waals surface area contributed by atoms with E-state index in [0.717, 1.165) is 12.3 Å². The van der Waals surface area contributed by atoms with Gasteiger partial charge >= 0.3 is 5.97 Å². The summed E-state index contributed by atoms with van der Waals surface area (Å²) < 4.78 is 0. The number of hydrogen-bond acceptors (Lipinski definition) is 5. The van der Waals surface area contributed by atoms with Crippen LogP contribution < -0.4 is 10.6 Å². The van der Waals surface area contributed by atoms with Crippen LogP contribution in [-0.4, -0.2) is 58.8 Å². The van der Waals surface area contributed by atoms with Crippen LogP contribution in [0.5, 0.6) is 0 Å². The Kier molecular flexibility index (Phi) is 5.58. The van der Waals surface area contributed by atoms with Crippen LogP contribution in [0.25, 0.3) is 0 Å². The molecule has 1 saturated heterocycles. The molecule has 0 aromatic heterocycles. The zero-order chi connectivity index (χ0) is 12.0. The number of amides is 1. The maximum absolute atomic E-state index is 11.7. The fourth-order valence-corrected chi connectivity index (χ4v) is 2.33. The third-order valence-electron chi connectivity index (χ3n) is 2.27. The number of carbonyl (C=O) groups is 2. The highest BCUT2D eigenvalue weighted by molar-refractivity contribution is 7.99. The molecule has 0 bridgehead atoms. The highest BCUT2D eigenvalue weighted by Gasteiger charge is 2.25. The number of aliphatic carboxylic acids is 1. The summed E-state index contributed by atoms with van der Waals surface area (Å²) in [5.41, 5.74) is 0. The molecule has 1 amide bonds. The van der Waals surface area contributed by atoms with Crippen molar-refractivity contribution in [3.05, 3.63) is 0 Å². The van der Waals surface area contributed by atoms with Crippen molar-refractivity contribution in [2.75, 3.05) is 24.7 Å². The highest BCUT2D eigenvalue weighted by atomic mass is 32.2. The largest absolute Gasteiger partial charge is 0.480 e. The molecule has 6 nitrogen and oxygen atoms in total. The standard InChI is InChI=1S/C9H16N2O4S/c12-3-1-6(9(14)15)11-8(13)7-5-16-4-2-10-7/h6-7,10,12H,1-5H2,(H,11,13)(H,14,15). The quantitative estimate of drug-likeness (QED) is 0.480. The summed E-state index contributed by atoms with van der Waals surface area (Å²) in [6.45, 7) is 0.491.